The monoisotopic (exact) mass is 800 g/mol. The Morgan fingerprint density at radius 1 is 0.414 bits per heavy atom. The van der Waals surface area contributed by atoms with Crippen molar-refractivity contribution in [3.05, 3.63) is 116 Å². The van der Waals surface area contributed by atoms with Gasteiger partial charge in [0.25, 0.3) is 0 Å². The third-order valence-corrected chi connectivity index (χ3v) is 9.57. The minimum atomic E-state index is -1.11. The van der Waals surface area contributed by atoms with E-state index >= 15 is 0 Å². The first-order valence-corrected chi connectivity index (χ1v) is 20.1. The summed E-state index contributed by atoms with van der Waals surface area (Å²) in [7, 11) is 0. The molecule has 0 fully saturated rings. The second-order valence-electron chi connectivity index (χ2n) is 13.6. The van der Waals surface area contributed by atoms with E-state index in [9.17, 15) is 19.8 Å². The Balaban J connectivity index is 1.80. The largest absolute Gasteiger partial charge is 0.491 e. The Kier molecular flexibility index (Phi) is 17.2. The number of ether oxygens (including phenoxy) is 8. The van der Waals surface area contributed by atoms with Gasteiger partial charge in [-0.25, -0.2) is 9.59 Å². The standard InChI is InChI=1S/C46H56O12/c1-5-51-15-19-55-41-31-11-9-13-33(41)24-35-27-39(45(47)48)29-37(43(35)57-21-17-53-7-3)26-38-30-40(46(49)50)28-36(44(38)58-22-18-54-8-4)25-34-14-10-12-32(23-31)42(34)56-20-16-52-6-2/h9-14,27-30H,5-8,15-26H2,1-4H3,(H,47,48)(H,49,50). The molecule has 0 atom stereocenters. The van der Waals surface area contributed by atoms with Crippen molar-refractivity contribution in [2.45, 2.75) is 53.4 Å². The van der Waals surface area contributed by atoms with Crippen LogP contribution in [0.25, 0.3) is 0 Å². The highest BCUT2D eigenvalue weighted by molar-refractivity contribution is 5.89. The molecule has 0 aliphatic heterocycles. The van der Waals surface area contributed by atoms with Crippen molar-refractivity contribution in [1.29, 1.82) is 0 Å². The van der Waals surface area contributed by atoms with Gasteiger partial charge in [0.2, 0.25) is 0 Å². The predicted molar refractivity (Wildman–Crippen MR) is 219 cm³/mol. The summed E-state index contributed by atoms with van der Waals surface area (Å²) in [6.07, 6.45) is 1.08. The highest BCUT2D eigenvalue weighted by atomic mass is 16.5. The number of para-hydroxylation sites is 2. The van der Waals surface area contributed by atoms with Crippen LogP contribution in [0.1, 0.15) is 92.9 Å². The van der Waals surface area contributed by atoms with Crippen LogP contribution in [0, 0.1) is 0 Å². The fourth-order valence-electron chi connectivity index (χ4n) is 7.06. The highest BCUT2D eigenvalue weighted by Gasteiger charge is 2.25. The Bertz CT molecular complexity index is 1830. The van der Waals surface area contributed by atoms with Crippen LogP contribution in [0.15, 0.2) is 60.7 Å². The van der Waals surface area contributed by atoms with Gasteiger partial charge in [-0.1, -0.05) is 36.4 Å². The molecule has 58 heavy (non-hydrogen) atoms. The molecule has 12 nitrogen and oxygen atoms in total. The van der Waals surface area contributed by atoms with Gasteiger partial charge >= 0.3 is 11.9 Å². The van der Waals surface area contributed by atoms with E-state index in [0.717, 1.165) is 22.3 Å². The minimum Gasteiger partial charge on any atom is -0.491 e. The number of benzene rings is 4. The lowest BCUT2D eigenvalue weighted by Crippen LogP contribution is -2.15. The maximum atomic E-state index is 12.8. The first-order valence-electron chi connectivity index (χ1n) is 20.1. The molecule has 0 spiro atoms. The lowest BCUT2D eigenvalue weighted by molar-refractivity contribution is 0.0686. The number of carbonyl (C=O) groups is 2. The molecular formula is C46H56O12. The third-order valence-electron chi connectivity index (χ3n) is 9.57. The van der Waals surface area contributed by atoms with Gasteiger partial charge in [-0.15, -0.1) is 0 Å². The Morgan fingerprint density at radius 2 is 0.655 bits per heavy atom. The van der Waals surface area contributed by atoms with E-state index in [0.29, 0.717) is 118 Å². The Labute approximate surface area is 340 Å². The van der Waals surface area contributed by atoms with E-state index in [2.05, 4.69) is 0 Å². The van der Waals surface area contributed by atoms with Crippen molar-refractivity contribution in [1.82, 2.24) is 0 Å². The van der Waals surface area contributed by atoms with Gasteiger partial charge in [-0.3, -0.25) is 0 Å². The number of carboxylic acid groups (broad SMARTS) is 2. The summed E-state index contributed by atoms with van der Waals surface area (Å²) in [5.74, 6) is 0.0968. The van der Waals surface area contributed by atoms with Gasteiger partial charge < -0.3 is 48.1 Å². The molecule has 12 heteroatoms. The molecular weight excluding hydrogens is 744 g/mol. The number of hydrogen-bond acceptors (Lipinski definition) is 10. The SMILES string of the molecule is CCOCCOc1c2cccc1Cc1cc(C(=O)O)cc(c1OCCOCC)Cc1cc(C(=O)O)cc(c1OCCOCC)Cc1cccc(c1OCCOCC)C2. The second kappa shape index (κ2) is 22.7. The molecule has 0 aromatic heterocycles. The zero-order chi connectivity index (χ0) is 41.3. The molecule has 5 rings (SSSR count). The molecule has 2 N–H and O–H groups in total. The van der Waals surface area contributed by atoms with E-state index in [1.165, 1.54) is 0 Å². The van der Waals surface area contributed by atoms with Crippen LogP contribution in [0.3, 0.4) is 0 Å². The van der Waals surface area contributed by atoms with Crippen LogP contribution >= 0.6 is 0 Å². The normalized spacial score (nSPS) is 12.2. The van der Waals surface area contributed by atoms with Crippen LogP contribution in [0.5, 0.6) is 23.0 Å². The Hall–Kier alpha value is -5.14. The fourth-order valence-corrected chi connectivity index (χ4v) is 7.06. The average molecular weight is 801 g/mol. The molecule has 0 saturated heterocycles. The average Bonchev–Trinajstić information content (AvgIpc) is 3.20. The van der Waals surface area contributed by atoms with Crippen molar-refractivity contribution < 1.29 is 57.7 Å². The van der Waals surface area contributed by atoms with E-state index in [-0.39, 0.29) is 43.6 Å². The van der Waals surface area contributed by atoms with Crippen molar-refractivity contribution in [3.8, 4) is 23.0 Å². The summed E-state index contributed by atoms with van der Waals surface area (Å²) in [4.78, 5) is 25.5. The van der Waals surface area contributed by atoms with Crippen LogP contribution in [0.2, 0.25) is 0 Å². The van der Waals surface area contributed by atoms with Gasteiger partial charge in [0.15, 0.2) is 0 Å². The summed E-state index contributed by atoms with van der Waals surface area (Å²) >= 11 is 0. The molecule has 1 aliphatic carbocycles. The molecule has 4 aromatic carbocycles. The maximum Gasteiger partial charge on any atom is 0.335 e. The molecule has 8 bridgehead atoms. The van der Waals surface area contributed by atoms with Crippen LogP contribution < -0.4 is 18.9 Å². The lowest BCUT2D eigenvalue weighted by Gasteiger charge is -2.23. The summed E-state index contributed by atoms with van der Waals surface area (Å²) in [5.41, 5.74) is 5.95. The van der Waals surface area contributed by atoms with Crippen molar-refractivity contribution in [3.63, 3.8) is 0 Å². The van der Waals surface area contributed by atoms with Gasteiger partial charge in [-0.2, -0.15) is 0 Å². The van der Waals surface area contributed by atoms with E-state index in [1.54, 1.807) is 24.3 Å². The van der Waals surface area contributed by atoms with E-state index < -0.39 is 11.9 Å². The highest BCUT2D eigenvalue weighted by Crippen LogP contribution is 2.40. The van der Waals surface area contributed by atoms with Gasteiger partial charge in [0.05, 0.1) is 37.6 Å². The predicted octanol–water partition coefficient (Wildman–Crippen LogP) is 7.42. The zero-order valence-corrected chi connectivity index (χ0v) is 34.1. The van der Waals surface area contributed by atoms with Crippen LogP contribution in [0.4, 0.5) is 0 Å². The molecule has 4 aromatic rings. The second-order valence-corrected chi connectivity index (χ2v) is 13.6. The molecule has 312 valence electrons. The Morgan fingerprint density at radius 3 is 0.914 bits per heavy atom. The molecule has 0 saturated carbocycles. The van der Waals surface area contributed by atoms with Crippen molar-refractivity contribution in [2.75, 3.05) is 79.3 Å². The summed E-state index contributed by atoms with van der Waals surface area (Å²) in [6.45, 7) is 12.2. The number of aromatic carboxylic acids is 2. The number of hydrogen-bond donors (Lipinski definition) is 2. The van der Waals surface area contributed by atoms with Crippen molar-refractivity contribution >= 4 is 11.9 Å². The molecule has 1 aliphatic rings. The summed E-state index contributed by atoms with van der Waals surface area (Å²) < 4.78 is 48.6. The van der Waals surface area contributed by atoms with E-state index in [1.807, 2.05) is 64.1 Å². The lowest BCUT2D eigenvalue weighted by atomic mass is 9.89. The topological polar surface area (TPSA) is 148 Å². The molecule has 0 amide bonds. The molecule has 0 heterocycles. The number of carboxylic acids is 2. The maximum absolute atomic E-state index is 12.8. The first kappa shape index (κ1) is 44.0. The summed E-state index contributed by atoms with van der Waals surface area (Å²) in [5, 5.41) is 20.8. The van der Waals surface area contributed by atoms with Gasteiger partial charge in [0.1, 0.15) is 49.4 Å². The van der Waals surface area contributed by atoms with E-state index in [4.69, 9.17) is 37.9 Å². The molecule has 0 unspecified atom stereocenters. The van der Waals surface area contributed by atoms with Crippen LogP contribution in [-0.2, 0) is 44.6 Å². The summed E-state index contributed by atoms with van der Waals surface area (Å²) in [6, 6.07) is 18.4. The zero-order valence-electron chi connectivity index (χ0n) is 34.1. The smallest absolute Gasteiger partial charge is 0.335 e. The quantitative estimate of drug-likeness (QED) is 0.0672. The first-order chi connectivity index (χ1) is 28.3. The number of fused-ring (bicyclic) bond motifs is 8. The molecule has 0 radical (unpaired) electrons. The van der Waals surface area contributed by atoms with Crippen molar-refractivity contribution in [2.24, 2.45) is 0 Å². The third kappa shape index (κ3) is 12.0. The van der Waals surface area contributed by atoms with Gasteiger partial charge in [-0.05, 0) is 96.5 Å². The van der Waals surface area contributed by atoms with Gasteiger partial charge in [0, 0.05) is 52.1 Å². The fraction of sp³-hybridized carbons (Fsp3) is 0.435. The van der Waals surface area contributed by atoms with Crippen LogP contribution in [-0.4, -0.2) is 101 Å². The number of rotatable bonds is 22. The minimum absolute atomic E-state index is 0.0653.